The van der Waals surface area contributed by atoms with E-state index >= 15 is 0 Å². The third-order valence-electron chi connectivity index (χ3n) is 2.95. The number of hydrogen-bond acceptors (Lipinski definition) is 6. The molecule has 0 unspecified atom stereocenters. The van der Waals surface area contributed by atoms with Crippen LogP contribution in [-0.2, 0) is 4.52 Å². The highest BCUT2D eigenvalue weighted by Crippen LogP contribution is 2.24. The summed E-state index contributed by atoms with van der Waals surface area (Å²) in [5.74, 6) is 0. The summed E-state index contributed by atoms with van der Waals surface area (Å²) >= 11 is 0. The zero-order valence-corrected chi connectivity index (χ0v) is 14.8. The lowest BCUT2D eigenvalue weighted by Crippen LogP contribution is -1.89. The van der Waals surface area contributed by atoms with Crippen LogP contribution in [0, 0.1) is 0 Å². The summed E-state index contributed by atoms with van der Waals surface area (Å²) in [7, 11) is -4.76. The monoisotopic (exact) mass is 346 g/mol. The van der Waals surface area contributed by atoms with Crippen LogP contribution in [0.15, 0.2) is 0 Å². The highest BCUT2D eigenvalue weighted by Gasteiger charge is 1.98. The molecular formula is C13H32O6P2. The topological polar surface area (TPSA) is 110 Å². The van der Waals surface area contributed by atoms with E-state index in [2.05, 4.69) is 6.92 Å². The summed E-state index contributed by atoms with van der Waals surface area (Å²) in [5, 5.41) is 0. The molecule has 0 fully saturated rings. The van der Waals surface area contributed by atoms with Crippen molar-refractivity contribution in [3.63, 3.8) is 0 Å². The summed E-state index contributed by atoms with van der Waals surface area (Å²) in [6.45, 7) is 2.73. The minimum Gasteiger partial charge on any atom is -0.328 e. The lowest BCUT2D eigenvalue weighted by Gasteiger charge is -2.04. The van der Waals surface area contributed by atoms with Gasteiger partial charge in [0.05, 0.1) is 6.61 Å². The van der Waals surface area contributed by atoms with Gasteiger partial charge in [-0.1, -0.05) is 71.1 Å². The van der Waals surface area contributed by atoms with Gasteiger partial charge in [-0.25, -0.2) is 0 Å². The van der Waals surface area contributed by atoms with Crippen molar-refractivity contribution in [3.8, 4) is 0 Å². The van der Waals surface area contributed by atoms with Crippen molar-refractivity contribution >= 4 is 17.2 Å². The molecule has 0 atom stereocenters. The van der Waals surface area contributed by atoms with E-state index in [0.29, 0.717) is 6.61 Å². The van der Waals surface area contributed by atoms with Crippen LogP contribution in [0.5, 0.6) is 0 Å². The van der Waals surface area contributed by atoms with E-state index in [1.54, 1.807) is 0 Å². The first kappa shape index (κ1) is 23.9. The molecule has 5 N–H and O–H groups in total. The zero-order chi connectivity index (χ0) is 16.3. The van der Waals surface area contributed by atoms with Gasteiger partial charge in [0.2, 0.25) is 0 Å². The second-order valence-electron chi connectivity index (χ2n) is 4.89. The van der Waals surface area contributed by atoms with Gasteiger partial charge < -0.3 is 29.0 Å². The first-order valence-electron chi connectivity index (χ1n) is 7.68. The minimum absolute atomic E-state index is 0.482. The molecule has 0 amide bonds. The molecule has 0 rings (SSSR count). The summed E-state index contributed by atoms with van der Waals surface area (Å²) in [6.07, 6.45) is 14.3. The van der Waals surface area contributed by atoms with Crippen molar-refractivity contribution in [1.29, 1.82) is 0 Å². The average Bonchev–Trinajstić information content (AvgIpc) is 2.39. The predicted octanol–water partition coefficient (Wildman–Crippen LogP) is 3.72. The molecule has 0 aromatic heterocycles. The van der Waals surface area contributed by atoms with Crippen LogP contribution in [0.2, 0.25) is 0 Å². The Morgan fingerprint density at radius 3 is 1.29 bits per heavy atom. The molecular weight excluding hydrogens is 314 g/mol. The van der Waals surface area contributed by atoms with Gasteiger partial charge in [-0.3, -0.25) is 0 Å². The summed E-state index contributed by atoms with van der Waals surface area (Å²) in [5.41, 5.74) is 0. The molecule has 0 aliphatic carbocycles. The Morgan fingerprint density at radius 1 is 0.619 bits per heavy atom. The molecule has 0 spiro atoms. The molecule has 6 nitrogen and oxygen atoms in total. The molecule has 0 heterocycles. The molecule has 0 aliphatic rings. The van der Waals surface area contributed by atoms with Gasteiger partial charge in [-0.05, 0) is 6.42 Å². The Morgan fingerprint density at radius 2 is 0.952 bits per heavy atom. The Balaban J connectivity index is 0. The minimum atomic E-state index is -2.62. The van der Waals surface area contributed by atoms with Crippen LogP contribution in [0.4, 0.5) is 0 Å². The maximum absolute atomic E-state index is 8.51. The molecule has 8 heteroatoms. The Kier molecular flexibility index (Phi) is 23.4. The number of rotatable bonds is 13. The summed E-state index contributed by atoms with van der Waals surface area (Å²) in [4.78, 5) is 38.7. The molecule has 0 saturated heterocycles. The van der Waals surface area contributed by atoms with Gasteiger partial charge in [0.1, 0.15) is 0 Å². The molecule has 0 saturated carbocycles. The van der Waals surface area contributed by atoms with Gasteiger partial charge in [-0.2, -0.15) is 0 Å². The lowest BCUT2D eigenvalue weighted by atomic mass is 10.1. The normalized spacial score (nSPS) is 10.9. The zero-order valence-electron chi connectivity index (χ0n) is 13.0. The number of hydrogen-bond donors (Lipinski definition) is 5. The van der Waals surface area contributed by atoms with Crippen molar-refractivity contribution in [3.05, 3.63) is 0 Å². The highest BCUT2D eigenvalue weighted by atomic mass is 31.2. The van der Waals surface area contributed by atoms with Crippen LogP contribution >= 0.6 is 17.2 Å². The van der Waals surface area contributed by atoms with Crippen LogP contribution in [0.25, 0.3) is 0 Å². The van der Waals surface area contributed by atoms with Crippen molar-refractivity contribution in [2.75, 3.05) is 6.61 Å². The number of unbranched alkanes of at least 4 members (excludes halogenated alkanes) is 10. The third kappa shape index (κ3) is 33.4. The molecule has 21 heavy (non-hydrogen) atoms. The molecule has 0 aromatic rings. The van der Waals surface area contributed by atoms with Gasteiger partial charge in [0.25, 0.3) is 0 Å². The Hall–Kier alpha value is 0.620. The van der Waals surface area contributed by atoms with E-state index in [9.17, 15) is 0 Å². The first-order valence-corrected chi connectivity index (χ1v) is 10.0. The van der Waals surface area contributed by atoms with Crippen LogP contribution in [-0.4, -0.2) is 31.1 Å². The average molecular weight is 346 g/mol. The van der Waals surface area contributed by atoms with Crippen LogP contribution in [0.3, 0.4) is 0 Å². The van der Waals surface area contributed by atoms with Crippen LogP contribution in [0.1, 0.15) is 77.6 Å². The molecule has 0 radical (unpaired) electrons. The maximum Gasteiger partial charge on any atom is 0.327 e. The molecule has 0 bridgehead atoms. The van der Waals surface area contributed by atoms with Crippen LogP contribution < -0.4 is 0 Å². The fourth-order valence-corrected chi connectivity index (χ4v) is 2.20. The van der Waals surface area contributed by atoms with Crippen molar-refractivity contribution in [2.24, 2.45) is 0 Å². The van der Waals surface area contributed by atoms with Crippen molar-refractivity contribution in [1.82, 2.24) is 0 Å². The largest absolute Gasteiger partial charge is 0.328 e. The van der Waals surface area contributed by atoms with Gasteiger partial charge in [0, 0.05) is 0 Å². The fourth-order valence-electron chi connectivity index (χ4n) is 1.91. The van der Waals surface area contributed by atoms with Gasteiger partial charge >= 0.3 is 17.2 Å². The Bertz CT molecular complexity index is 181. The predicted molar refractivity (Wildman–Crippen MR) is 87.3 cm³/mol. The molecule has 130 valence electrons. The fraction of sp³-hybridized carbons (Fsp3) is 1.00. The SMILES string of the molecule is CCCCCCCCCCCCCOP(O)O.OP(O)O. The van der Waals surface area contributed by atoms with E-state index in [0.717, 1.165) is 12.8 Å². The lowest BCUT2D eigenvalue weighted by molar-refractivity contribution is 0.248. The summed E-state index contributed by atoms with van der Waals surface area (Å²) < 4.78 is 4.70. The molecule has 0 aliphatic heterocycles. The second kappa shape index (κ2) is 20.6. The van der Waals surface area contributed by atoms with E-state index in [4.69, 9.17) is 29.0 Å². The van der Waals surface area contributed by atoms with Crippen molar-refractivity contribution < 1.29 is 29.0 Å². The highest BCUT2D eigenvalue weighted by molar-refractivity contribution is 7.39. The van der Waals surface area contributed by atoms with E-state index in [1.165, 1.54) is 57.8 Å². The first-order chi connectivity index (χ1) is 10.0. The van der Waals surface area contributed by atoms with Gasteiger partial charge in [-0.15, -0.1) is 0 Å². The van der Waals surface area contributed by atoms with Crippen molar-refractivity contribution in [2.45, 2.75) is 77.6 Å². The smallest absolute Gasteiger partial charge is 0.327 e. The van der Waals surface area contributed by atoms with E-state index in [-0.39, 0.29) is 0 Å². The van der Waals surface area contributed by atoms with E-state index in [1.807, 2.05) is 0 Å². The third-order valence-corrected chi connectivity index (χ3v) is 3.37. The standard InChI is InChI=1S/C13H29O3P.H3O3P/c1-2-3-4-5-6-7-8-9-10-11-12-13-16-17(14)15;1-4(2)3/h14-15H,2-13H2,1H3;1-3H. The van der Waals surface area contributed by atoms with Gasteiger partial charge in [0.15, 0.2) is 0 Å². The molecule has 0 aromatic carbocycles. The summed E-state index contributed by atoms with van der Waals surface area (Å²) in [6, 6.07) is 0. The van der Waals surface area contributed by atoms with E-state index < -0.39 is 17.2 Å². The second-order valence-corrected chi connectivity index (χ2v) is 6.19. The quantitative estimate of drug-likeness (QED) is 0.257. The Labute approximate surface area is 131 Å². The maximum atomic E-state index is 8.51.